The first-order chi connectivity index (χ1) is 7.60. The van der Waals surface area contributed by atoms with Gasteiger partial charge in [-0.15, -0.1) is 0 Å². The molecule has 1 aliphatic heterocycles. The van der Waals surface area contributed by atoms with Gasteiger partial charge in [-0.2, -0.15) is 0 Å². The standard InChI is InChI=1S/C12H22FNO2/c1-3-5-6-9(4-2)12(16)14-7-10(13)11(15)8-14/h9-11,15H,3-8H2,1-2H3/t9?,10-,11-/m0/s1. The van der Waals surface area contributed by atoms with Crippen molar-refractivity contribution in [2.45, 2.75) is 51.8 Å². The van der Waals surface area contributed by atoms with E-state index in [1.165, 1.54) is 4.90 Å². The summed E-state index contributed by atoms with van der Waals surface area (Å²) in [6, 6.07) is 0. The number of likely N-dealkylation sites (tertiary alicyclic amines) is 1. The molecule has 1 fully saturated rings. The quantitative estimate of drug-likeness (QED) is 0.783. The van der Waals surface area contributed by atoms with E-state index in [1.807, 2.05) is 6.92 Å². The van der Waals surface area contributed by atoms with E-state index in [0.29, 0.717) is 0 Å². The summed E-state index contributed by atoms with van der Waals surface area (Å²) in [5.41, 5.74) is 0. The topological polar surface area (TPSA) is 40.5 Å². The Bertz CT molecular complexity index is 225. The van der Waals surface area contributed by atoms with Crippen molar-refractivity contribution >= 4 is 5.91 Å². The van der Waals surface area contributed by atoms with Crippen molar-refractivity contribution in [2.75, 3.05) is 13.1 Å². The van der Waals surface area contributed by atoms with Gasteiger partial charge in [-0.25, -0.2) is 4.39 Å². The largest absolute Gasteiger partial charge is 0.388 e. The molecular weight excluding hydrogens is 209 g/mol. The molecule has 0 aliphatic carbocycles. The number of carbonyl (C=O) groups excluding carboxylic acids is 1. The maximum Gasteiger partial charge on any atom is 0.225 e. The van der Waals surface area contributed by atoms with Crippen molar-refractivity contribution in [3.8, 4) is 0 Å². The molecule has 0 aromatic rings. The molecule has 1 heterocycles. The second-order valence-electron chi connectivity index (χ2n) is 4.57. The van der Waals surface area contributed by atoms with Crippen molar-refractivity contribution in [1.82, 2.24) is 4.90 Å². The van der Waals surface area contributed by atoms with Crippen LogP contribution in [-0.4, -0.2) is 41.3 Å². The van der Waals surface area contributed by atoms with Gasteiger partial charge in [0.2, 0.25) is 5.91 Å². The Balaban J connectivity index is 2.48. The molecule has 0 saturated carbocycles. The smallest absolute Gasteiger partial charge is 0.225 e. The number of unbranched alkanes of at least 4 members (excludes halogenated alkanes) is 1. The number of hydrogen-bond acceptors (Lipinski definition) is 2. The Hall–Kier alpha value is -0.640. The molecule has 3 nitrogen and oxygen atoms in total. The van der Waals surface area contributed by atoms with Gasteiger partial charge < -0.3 is 10.0 Å². The van der Waals surface area contributed by atoms with E-state index >= 15 is 0 Å². The number of amides is 1. The van der Waals surface area contributed by atoms with E-state index in [1.54, 1.807) is 0 Å². The number of carbonyl (C=O) groups is 1. The maximum absolute atomic E-state index is 13.1. The van der Waals surface area contributed by atoms with E-state index in [0.717, 1.165) is 25.7 Å². The SMILES string of the molecule is CCCCC(CC)C(=O)N1C[C@H](O)[C@@H](F)C1. The van der Waals surface area contributed by atoms with Crippen molar-refractivity contribution in [3.05, 3.63) is 0 Å². The average molecular weight is 231 g/mol. The van der Waals surface area contributed by atoms with Crippen LogP contribution in [0.1, 0.15) is 39.5 Å². The van der Waals surface area contributed by atoms with Crippen LogP contribution in [-0.2, 0) is 4.79 Å². The van der Waals surface area contributed by atoms with Crippen LogP contribution in [0, 0.1) is 5.92 Å². The van der Waals surface area contributed by atoms with E-state index in [-0.39, 0.29) is 24.9 Å². The summed E-state index contributed by atoms with van der Waals surface area (Å²) < 4.78 is 13.1. The lowest BCUT2D eigenvalue weighted by atomic mass is 9.98. The molecule has 1 amide bonds. The lowest BCUT2D eigenvalue weighted by Crippen LogP contribution is -2.35. The van der Waals surface area contributed by atoms with Gasteiger partial charge in [-0.1, -0.05) is 26.7 Å². The van der Waals surface area contributed by atoms with Gasteiger partial charge in [0.15, 0.2) is 0 Å². The predicted octanol–water partition coefficient (Wildman–Crippen LogP) is 1.74. The molecule has 1 aliphatic rings. The highest BCUT2D eigenvalue weighted by Crippen LogP contribution is 2.20. The van der Waals surface area contributed by atoms with E-state index < -0.39 is 12.3 Å². The van der Waals surface area contributed by atoms with E-state index in [9.17, 15) is 14.3 Å². The Morgan fingerprint density at radius 2 is 2.19 bits per heavy atom. The first kappa shape index (κ1) is 13.4. The highest BCUT2D eigenvalue weighted by Gasteiger charge is 2.35. The summed E-state index contributed by atoms with van der Waals surface area (Å²) in [5.74, 6) is 0.00704. The Kier molecular flexibility index (Phi) is 5.19. The Morgan fingerprint density at radius 3 is 2.62 bits per heavy atom. The van der Waals surface area contributed by atoms with E-state index in [4.69, 9.17) is 0 Å². The lowest BCUT2D eigenvalue weighted by molar-refractivity contribution is -0.135. The minimum atomic E-state index is -1.27. The van der Waals surface area contributed by atoms with Crippen LogP contribution in [0.15, 0.2) is 0 Å². The Labute approximate surface area is 96.6 Å². The summed E-state index contributed by atoms with van der Waals surface area (Å²) in [4.78, 5) is 13.5. The van der Waals surface area contributed by atoms with Crippen LogP contribution in [0.5, 0.6) is 0 Å². The molecule has 0 radical (unpaired) electrons. The normalized spacial score (nSPS) is 27.1. The molecule has 0 aromatic carbocycles. The molecule has 16 heavy (non-hydrogen) atoms. The van der Waals surface area contributed by atoms with Crippen molar-refractivity contribution in [3.63, 3.8) is 0 Å². The van der Waals surface area contributed by atoms with Crippen molar-refractivity contribution in [1.29, 1.82) is 0 Å². The molecule has 0 aromatic heterocycles. The predicted molar refractivity (Wildman–Crippen MR) is 60.8 cm³/mol. The van der Waals surface area contributed by atoms with Crippen molar-refractivity contribution in [2.24, 2.45) is 5.92 Å². The van der Waals surface area contributed by atoms with E-state index in [2.05, 4.69) is 6.92 Å². The summed E-state index contributed by atoms with van der Waals surface area (Å²) in [7, 11) is 0. The fraction of sp³-hybridized carbons (Fsp3) is 0.917. The fourth-order valence-corrected chi connectivity index (χ4v) is 2.14. The highest BCUT2D eigenvalue weighted by atomic mass is 19.1. The zero-order valence-corrected chi connectivity index (χ0v) is 10.2. The first-order valence-corrected chi connectivity index (χ1v) is 6.21. The Morgan fingerprint density at radius 1 is 1.50 bits per heavy atom. The summed E-state index contributed by atoms with van der Waals surface area (Å²) >= 11 is 0. The number of rotatable bonds is 5. The molecule has 1 N–H and O–H groups in total. The maximum atomic E-state index is 13.1. The molecule has 1 rings (SSSR count). The second-order valence-corrected chi connectivity index (χ2v) is 4.57. The molecule has 1 unspecified atom stereocenters. The molecule has 3 atom stereocenters. The van der Waals surface area contributed by atoms with Crippen LogP contribution in [0.2, 0.25) is 0 Å². The third kappa shape index (κ3) is 3.17. The zero-order valence-electron chi connectivity index (χ0n) is 10.2. The number of halogens is 1. The van der Waals surface area contributed by atoms with Gasteiger partial charge in [-0.3, -0.25) is 4.79 Å². The third-order valence-corrected chi connectivity index (χ3v) is 3.28. The number of nitrogens with zero attached hydrogens (tertiary/aromatic N) is 1. The molecular formula is C12H22FNO2. The van der Waals surface area contributed by atoms with Crippen LogP contribution in [0.25, 0.3) is 0 Å². The fourth-order valence-electron chi connectivity index (χ4n) is 2.14. The van der Waals surface area contributed by atoms with Crippen molar-refractivity contribution < 1.29 is 14.3 Å². The highest BCUT2D eigenvalue weighted by molar-refractivity contribution is 5.79. The van der Waals surface area contributed by atoms with Crippen LogP contribution < -0.4 is 0 Å². The average Bonchev–Trinajstić information content (AvgIpc) is 2.60. The van der Waals surface area contributed by atoms with Gasteiger partial charge >= 0.3 is 0 Å². The minimum Gasteiger partial charge on any atom is -0.388 e. The number of aliphatic hydroxyl groups is 1. The molecule has 0 spiro atoms. The molecule has 1 saturated heterocycles. The van der Waals surface area contributed by atoms with Crippen LogP contribution in [0.4, 0.5) is 4.39 Å². The third-order valence-electron chi connectivity index (χ3n) is 3.28. The number of aliphatic hydroxyl groups excluding tert-OH is 1. The van der Waals surface area contributed by atoms with Crippen LogP contribution in [0.3, 0.4) is 0 Å². The number of hydrogen-bond donors (Lipinski definition) is 1. The molecule has 94 valence electrons. The monoisotopic (exact) mass is 231 g/mol. The zero-order chi connectivity index (χ0) is 12.1. The summed E-state index contributed by atoms with van der Waals surface area (Å²) in [6.45, 7) is 4.29. The summed E-state index contributed by atoms with van der Waals surface area (Å²) in [5, 5.41) is 9.28. The van der Waals surface area contributed by atoms with Gasteiger partial charge in [-0.05, 0) is 12.8 Å². The van der Waals surface area contributed by atoms with Crippen LogP contribution >= 0.6 is 0 Å². The minimum absolute atomic E-state index is 0.00236. The van der Waals surface area contributed by atoms with Gasteiger partial charge in [0.1, 0.15) is 12.3 Å². The first-order valence-electron chi connectivity index (χ1n) is 6.21. The number of β-amino-alcohol motifs (C(OH)–C–C–N with tert-alkyl or cyclic N) is 1. The van der Waals surface area contributed by atoms with Gasteiger partial charge in [0.05, 0.1) is 6.54 Å². The van der Waals surface area contributed by atoms with Gasteiger partial charge in [0, 0.05) is 12.5 Å². The lowest BCUT2D eigenvalue weighted by Gasteiger charge is -2.21. The molecule has 0 bridgehead atoms. The number of alkyl halides is 1. The second kappa shape index (κ2) is 6.18. The van der Waals surface area contributed by atoms with Gasteiger partial charge in [0.25, 0.3) is 0 Å². The molecule has 4 heteroatoms. The summed E-state index contributed by atoms with van der Waals surface area (Å²) in [6.07, 6.45) is 1.50.